The zero-order valence-corrected chi connectivity index (χ0v) is 20.7. The van der Waals surface area contributed by atoms with Gasteiger partial charge in [0.2, 0.25) is 0 Å². The number of carbonyl (C=O) groups excluding carboxylic acids is 1. The number of imidazole rings is 1. The maximum Gasteiger partial charge on any atom is 0.328 e. The summed E-state index contributed by atoms with van der Waals surface area (Å²) in [6.45, 7) is 2.09. The number of hydrogen-bond donors (Lipinski definition) is 2. The second kappa shape index (κ2) is 9.77. The lowest BCUT2D eigenvalue weighted by Crippen LogP contribution is -2.29. The molecule has 0 spiro atoms. The summed E-state index contributed by atoms with van der Waals surface area (Å²) < 4.78 is 9.49. The van der Waals surface area contributed by atoms with Gasteiger partial charge in [0.15, 0.2) is 0 Å². The molecule has 2 heterocycles. The van der Waals surface area contributed by atoms with Gasteiger partial charge in [0.25, 0.3) is 5.56 Å². The number of rotatable bonds is 7. The minimum atomic E-state index is -0.787. The average molecular weight is 492 g/mol. The van der Waals surface area contributed by atoms with E-state index in [2.05, 4.69) is 0 Å². The van der Waals surface area contributed by atoms with Gasteiger partial charge in [-0.1, -0.05) is 18.2 Å². The fourth-order valence-corrected chi connectivity index (χ4v) is 4.65. The van der Waals surface area contributed by atoms with Gasteiger partial charge in [0, 0.05) is 32.3 Å². The Morgan fingerprint density at radius 2 is 1.64 bits per heavy atom. The number of aromatic hydroxyl groups is 2. The number of nitrogens with zero attached hydrogens (tertiary/aromatic N) is 3. The van der Waals surface area contributed by atoms with Crippen molar-refractivity contribution in [1.82, 2.24) is 13.7 Å². The van der Waals surface area contributed by atoms with E-state index in [0.29, 0.717) is 35.3 Å². The standard InChI is InChI=1S/C27H29N3O6/c1-16-13-23(32)25(26(34)30(16)12-11-17-5-8-19(31)9-6-17)20(15-24(33)36-4)18-7-10-21-22(14-18)29(3)27(35)28(21)2/h5-10,13-14,20,31-32H,11-12,15H2,1-4H3. The van der Waals surface area contributed by atoms with Crippen LogP contribution in [0.1, 0.15) is 34.7 Å². The molecular formula is C27H29N3O6. The lowest BCUT2D eigenvalue weighted by molar-refractivity contribution is -0.140. The molecule has 9 heteroatoms. The molecule has 0 aliphatic heterocycles. The number of fused-ring (bicyclic) bond motifs is 1. The van der Waals surface area contributed by atoms with E-state index in [9.17, 15) is 24.6 Å². The largest absolute Gasteiger partial charge is 0.508 e. The van der Waals surface area contributed by atoms with Gasteiger partial charge in [-0.25, -0.2) is 4.79 Å². The molecule has 0 amide bonds. The minimum absolute atomic E-state index is 0.0944. The van der Waals surface area contributed by atoms with Gasteiger partial charge in [0.05, 0.1) is 30.1 Å². The summed E-state index contributed by atoms with van der Waals surface area (Å²) in [5.74, 6) is -1.35. The summed E-state index contributed by atoms with van der Waals surface area (Å²) in [5.41, 5.74) is 2.99. The predicted molar refractivity (Wildman–Crippen MR) is 136 cm³/mol. The Balaban J connectivity index is 1.82. The fraction of sp³-hybridized carbons (Fsp3) is 0.296. The van der Waals surface area contributed by atoms with Crippen molar-refractivity contribution in [1.29, 1.82) is 0 Å². The van der Waals surface area contributed by atoms with Gasteiger partial charge in [-0.2, -0.15) is 0 Å². The number of aryl methyl sites for hydroxylation is 4. The Bertz CT molecular complexity index is 1560. The molecule has 36 heavy (non-hydrogen) atoms. The highest BCUT2D eigenvalue weighted by atomic mass is 16.5. The van der Waals surface area contributed by atoms with Crippen LogP contribution in [-0.2, 0) is 36.6 Å². The minimum Gasteiger partial charge on any atom is -0.508 e. The van der Waals surface area contributed by atoms with Crippen LogP contribution in [-0.4, -0.2) is 37.0 Å². The summed E-state index contributed by atoms with van der Waals surface area (Å²) in [6, 6.07) is 13.6. The number of carbonyl (C=O) groups is 1. The normalized spacial score (nSPS) is 12.1. The summed E-state index contributed by atoms with van der Waals surface area (Å²) in [4.78, 5) is 38.5. The highest BCUT2D eigenvalue weighted by molar-refractivity contribution is 5.78. The van der Waals surface area contributed by atoms with E-state index in [-0.39, 0.29) is 29.2 Å². The highest BCUT2D eigenvalue weighted by Gasteiger charge is 2.27. The van der Waals surface area contributed by atoms with Crippen molar-refractivity contribution in [2.24, 2.45) is 14.1 Å². The maximum absolute atomic E-state index is 13.7. The van der Waals surface area contributed by atoms with Gasteiger partial charge in [-0.15, -0.1) is 0 Å². The molecule has 9 nitrogen and oxygen atoms in total. The van der Waals surface area contributed by atoms with Crippen molar-refractivity contribution in [3.8, 4) is 11.5 Å². The fourth-order valence-electron chi connectivity index (χ4n) is 4.65. The number of benzene rings is 2. The van der Waals surface area contributed by atoms with Crippen LogP contribution in [0.2, 0.25) is 0 Å². The lowest BCUT2D eigenvalue weighted by atomic mass is 9.88. The number of phenolic OH excluding ortho intramolecular Hbond substituents is 1. The van der Waals surface area contributed by atoms with Crippen LogP contribution < -0.4 is 11.2 Å². The van der Waals surface area contributed by atoms with E-state index in [0.717, 1.165) is 5.56 Å². The number of methoxy groups -OCH3 is 1. The van der Waals surface area contributed by atoms with Crippen molar-refractivity contribution in [2.45, 2.75) is 32.2 Å². The molecule has 4 rings (SSSR count). The van der Waals surface area contributed by atoms with Gasteiger partial charge in [0.1, 0.15) is 11.5 Å². The van der Waals surface area contributed by atoms with E-state index in [1.807, 2.05) is 0 Å². The molecule has 0 saturated heterocycles. The molecule has 1 atom stereocenters. The Labute approximate surface area is 207 Å². The molecule has 0 bridgehead atoms. The molecule has 2 aromatic carbocycles. The smallest absolute Gasteiger partial charge is 0.328 e. The van der Waals surface area contributed by atoms with Crippen LogP contribution in [0.3, 0.4) is 0 Å². The number of pyridine rings is 1. The third-order valence-corrected chi connectivity index (χ3v) is 6.73. The molecule has 4 aromatic rings. The quantitative estimate of drug-likeness (QED) is 0.384. The third kappa shape index (κ3) is 4.51. The zero-order chi connectivity index (χ0) is 26.1. The van der Waals surface area contributed by atoms with Crippen LogP contribution in [0.4, 0.5) is 0 Å². The van der Waals surface area contributed by atoms with Crippen molar-refractivity contribution in [3.05, 3.63) is 91.8 Å². The van der Waals surface area contributed by atoms with Gasteiger partial charge in [-0.05, 0) is 54.8 Å². The van der Waals surface area contributed by atoms with Crippen molar-refractivity contribution >= 4 is 17.0 Å². The second-order valence-corrected chi connectivity index (χ2v) is 8.94. The van der Waals surface area contributed by atoms with E-state index in [1.54, 1.807) is 68.1 Å². The van der Waals surface area contributed by atoms with Gasteiger partial charge < -0.3 is 19.5 Å². The van der Waals surface area contributed by atoms with E-state index >= 15 is 0 Å². The second-order valence-electron chi connectivity index (χ2n) is 8.94. The van der Waals surface area contributed by atoms with Crippen LogP contribution >= 0.6 is 0 Å². The molecule has 2 aromatic heterocycles. The van der Waals surface area contributed by atoms with Crippen LogP contribution in [0, 0.1) is 6.92 Å². The molecule has 0 saturated carbocycles. The number of hydrogen-bond acceptors (Lipinski definition) is 6. The monoisotopic (exact) mass is 491 g/mol. The molecule has 0 aliphatic carbocycles. The summed E-state index contributed by atoms with van der Waals surface area (Å²) >= 11 is 0. The number of phenols is 1. The maximum atomic E-state index is 13.7. The summed E-state index contributed by atoms with van der Waals surface area (Å²) in [6.07, 6.45) is 0.373. The average Bonchev–Trinajstić information content (AvgIpc) is 3.07. The first kappa shape index (κ1) is 24.8. The Morgan fingerprint density at radius 1 is 0.972 bits per heavy atom. The van der Waals surface area contributed by atoms with Gasteiger partial charge >= 0.3 is 11.7 Å². The third-order valence-electron chi connectivity index (χ3n) is 6.73. The summed E-state index contributed by atoms with van der Waals surface area (Å²) in [7, 11) is 4.60. The Hall–Kier alpha value is -4.27. The summed E-state index contributed by atoms with van der Waals surface area (Å²) in [5, 5.41) is 20.4. The Morgan fingerprint density at radius 3 is 2.31 bits per heavy atom. The molecule has 0 aliphatic rings. The van der Waals surface area contributed by atoms with Crippen molar-refractivity contribution in [2.75, 3.05) is 7.11 Å². The Kier molecular flexibility index (Phi) is 6.74. The first-order chi connectivity index (χ1) is 17.1. The number of aromatic nitrogens is 3. The van der Waals surface area contributed by atoms with Crippen molar-refractivity contribution in [3.63, 3.8) is 0 Å². The SMILES string of the molecule is COC(=O)CC(c1ccc2c(c1)n(C)c(=O)n2C)c1c(O)cc(C)n(CCc2ccc(O)cc2)c1=O. The van der Waals surface area contributed by atoms with E-state index in [1.165, 1.54) is 22.3 Å². The topological polar surface area (TPSA) is 116 Å². The zero-order valence-electron chi connectivity index (χ0n) is 20.7. The molecule has 2 N–H and O–H groups in total. The molecule has 188 valence electrons. The molecule has 0 radical (unpaired) electrons. The highest BCUT2D eigenvalue weighted by Crippen LogP contribution is 2.34. The van der Waals surface area contributed by atoms with Crippen molar-refractivity contribution < 1.29 is 19.7 Å². The van der Waals surface area contributed by atoms with E-state index < -0.39 is 17.4 Å². The molecule has 0 fully saturated rings. The van der Waals surface area contributed by atoms with E-state index in [4.69, 9.17) is 4.74 Å². The molecular weight excluding hydrogens is 462 g/mol. The lowest BCUT2D eigenvalue weighted by Gasteiger charge is -2.21. The van der Waals surface area contributed by atoms with Crippen LogP contribution in [0.15, 0.2) is 58.1 Å². The van der Waals surface area contributed by atoms with Gasteiger partial charge in [-0.3, -0.25) is 18.7 Å². The van der Waals surface area contributed by atoms with Crippen LogP contribution in [0.5, 0.6) is 11.5 Å². The first-order valence-electron chi connectivity index (χ1n) is 11.6. The molecule has 1 unspecified atom stereocenters. The van der Waals surface area contributed by atoms with Crippen LogP contribution in [0.25, 0.3) is 11.0 Å². The predicted octanol–water partition coefficient (Wildman–Crippen LogP) is 2.70. The number of ether oxygens (including phenoxy) is 1. The number of esters is 1. The first-order valence-corrected chi connectivity index (χ1v) is 11.6.